The Morgan fingerprint density at radius 2 is 1.92 bits per heavy atom. The molecule has 2 aliphatic rings. The maximum absolute atomic E-state index is 13.1. The summed E-state index contributed by atoms with van der Waals surface area (Å²) in [7, 11) is 1.74. The molecule has 0 radical (unpaired) electrons. The molecule has 3 heterocycles. The van der Waals surface area contributed by atoms with E-state index in [1.54, 1.807) is 21.5 Å². The van der Waals surface area contributed by atoms with E-state index in [9.17, 15) is 14.7 Å². The van der Waals surface area contributed by atoms with Crippen LogP contribution >= 0.6 is 0 Å². The number of anilines is 2. The van der Waals surface area contributed by atoms with Crippen LogP contribution in [0.3, 0.4) is 0 Å². The van der Waals surface area contributed by atoms with E-state index in [4.69, 9.17) is 4.74 Å². The van der Waals surface area contributed by atoms with Gasteiger partial charge in [-0.25, -0.2) is 4.79 Å². The smallest absolute Gasteiger partial charge is 0.321 e. The molecule has 11 heteroatoms. The van der Waals surface area contributed by atoms with E-state index >= 15 is 0 Å². The number of piperidine rings is 1. The van der Waals surface area contributed by atoms with Gasteiger partial charge < -0.3 is 29.9 Å². The number of aryl methyl sites for hydroxylation is 1. The van der Waals surface area contributed by atoms with Gasteiger partial charge in [-0.05, 0) is 56.9 Å². The first-order valence-corrected chi connectivity index (χ1v) is 14.1. The lowest BCUT2D eigenvalue weighted by Gasteiger charge is -2.35. The lowest BCUT2D eigenvalue weighted by atomic mass is 10.0. The number of amides is 3. The van der Waals surface area contributed by atoms with Gasteiger partial charge in [-0.15, -0.1) is 5.10 Å². The van der Waals surface area contributed by atoms with E-state index in [-0.39, 0.29) is 43.2 Å². The Morgan fingerprint density at radius 1 is 1.18 bits per heavy atom. The standard InChI is InChI=1S/C28H43N7O4/c1-21-16-35(22(2)19-36)27(37)8-7-15-34-17-24(30-31-34)20-39-26(21)18-32(3)28(38)29-23-9-11-25(12-10-23)33-13-5-4-6-14-33/h9-12,17,21-22,26,36H,4-8,13-16,18-20H2,1-3H3,(H,29,38)/t21-,22+,26-/m0/s1. The molecule has 214 valence electrons. The van der Waals surface area contributed by atoms with Gasteiger partial charge in [0.1, 0.15) is 5.69 Å². The number of carbonyl (C=O) groups excluding carboxylic acids is 2. The van der Waals surface area contributed by atoms with Gasteiger partial charge in [-0.2, -0.15) is 0 Å². The second kappa shape index (κ2) is 13.7. The van der Waals surface area contributed by atoms with Crippen LogP contribution in [0.4, 0.5) is 16.2 Å². The lowest BCUT2D eigenvalue weighted by Crippen LogP contribution is -2.48. The van der Waals surface area contributed by atoms with Crippen LogP contribution in [0.2, 0.25) is 0 Å². The minimum Gasteiger partial charge on any atom is -0.394 e. The topological polar surface area (TPSA) is 116 Å². The van der Waals surface area contributed by atoms with Crippen LogP contribution < -0.4 is 10.2 Å². The molecule has 0 spiro atoms. The van der Waals surface area contributed by atoms with Gasteiger partial charge in [-0.1, -0.05) is 12.1 Å². The first-order chi connectivity index (χ1) is 18.8. The average Bonchev–Trinajstić information content (AvgIpc) is 3.41. The highest BCUT2D eigenvalue weighted by molar-refractivity contribution is 5.89. The Hall–Kier alpha value is -3.18. The van der Waals surface area contributed by atoms with Crippen LogP contribution in [0.15, 0.2) is 30.5 Å². The maximum atomic E-state index is 13.1. The van der Waals surface area contributed by atoms with Gasteiger partial charge in [0.05, 0.1) is 31.6 Å². The average molecular weight is 542 g/mol. The molecule has 1 aromatic carbocycles. The fraction of sp³-hybridized carbons (Fsp3) is 0.643. The number of nitrogens with one attached hydrogen (secondary N) is 1. The molecule has 1 fully saturated rings. The first-order valence-electron chi connectivity index (χ1n) is 14.1. The van der Waals surface area contributed by atoms with Gasteiger partial charge in [0.25, 0.3) is 0 Å². The highest BCUT2D eigenvalue weighted by Gasteiger charge is 2.29. The zero-order valence-corrected chi connectivity index (χ0v) is 23.5. The molecular formula is C28H43N7O4. The molecule has 2 aliphatic heterocycles. The van der Waals surface area contributed by atoms with Crippen molar-refractivity contribution in [2.75, 3.05) is 50.1 Å². The summed E-state index contributed by atoms with van der Waals surface area (Å²) in [4.78, 5) is 31.9. The van der Waals surface area contributed by atoms with Crippen LogP contribution in [0.1, 0.15) is 51.6 Å². The molecular weight excluding hydrogens is 498 g/mol. The second-order valence-electron chi connectivity index (χ2n) is 10.9. The third-order valence-electron chi connectivity index (χ3n) is 7.69. The van der Waals surface area contributed by atoms with E-state index in [1.807, 2.05) is 32.2 Å². The lowest BCUT2D eigenvalue weighted by molar-refractivity contribution is -0.136. The molecule has 0 saturated carbocycles. The van der Waals surface area contributed by atoms with Gasteiger partial charge in [-0.3, -0.25) is 9.48 Å². The highest BCUT2D eigenvalue weighted by atomic mass is 16.5. The Balaban J connectivity index is 1.42. The Bertz CT molecular complexity index is 1070. The molecule has 2 bridgehead atoms. The summed E-state index contributed by atoms with van der Waals surface area (Å²) in [5.74, 6) is -0.112. The number of aliphatic hydroxyl groups is 1. The van der Waals surface area contributed by atoms with Crippen molar-refractivity contribution in [1.82, 2.24) is 24.8 Å². The number of hydrogen-bond donors (Lipinski definition) is 2. The van der Waals surface area contributed by atoms with Crippen molar-refractivity contribution in [3.63, 3.8) is 0 Å². The minimum atomic E-state index is -0.366. The number of urea groups is 1. The first kappa shape index (κ1) is 28.8. The minimum absolute atomic E-state index is 0.0131. The number of aromatic nitrogens is 3. The van der Waals surface area contributed by atoms with E-state index < -0.39 is 0 Å². The van der Waals surface area contributed by atoms with E-state index in [2.05, 4.69) is 32.7 Å². The third-order valence-corrected chi connectivity index (χ3v) is 7.69. The number of aliphatic hydroxyl groups excluding tert-OH is 1. The molecule has 39 heavy (non-hydrogen) atoms. The van der Waals surface area contributed by atoms with Crippen molar-refractivity contribution >= 4 is 23.3 Å². The summed E-state index contributed by atoms with van der Waals surface area (Å²) in [6.45, 7) is 7.47. The van der Waals surface area contributed by atoms with Crippen LogP contribution in [0.25, 0.3) is 0 Å². The van der Waals surface area contributed by atoms with E-state index in [0.29, 0.717) is 38.2 Å². The van der Waals surface area contributed by atoms with Crippen LogP contribution in [0, 0.1) is 5.92 Å². The largest absolute Gasteiger partial charge is 0.394 e. The quantitative estimate of drug-likeness (QED) is 0.578. The zero-order valence-electron chi connectivity index (χ0n) is 23.5. The summed E-state index contributed by atoms with van der Waals surface area (Å²) in [6.07, 6.45) is 6.18. The number of likely N-dealkylation sites (N-methyl/N-ethyl adjacent to an activating group) is 1. The molecule has 0 unspecified atom stereocenters. The molecule has 11 nitrogen and oxygen atoms in total. The summed E-state index contributed by atoms with van der Waals surface area (Å²) in [5, 5.41) is 21.1. The van der Waals surface area contributed by atoms with Crippen molar-refractivity contribution in [3.8, 4) is 0 Å². The van der Waals surface area contributed by atoms with Crippen molar-refractivity contribution in [2.45, 2.75) is 71.2 Å². The van der Waals surface area contributed by atoms with Crippen LogP contribution in [-0.2, 0) is 22.7 Å². The fourth-order valence-corrected chi connectivity index (χ4v) is 5.17. The van der Waals surface area contributed by atoms with Crippen molar-refractivity contribution in [3.05, 3.63) is 36.2 Å². The van der Waals surface area contributed by atoms with E-state index in [1.165, 1.54) is 24.9 Å². The molecule has 2 N–H and O–H groups in total. The second-order valence-corrected chi connectivity index (χ2v) is 10.9. The molecule has 3 amide bonds. The molecule has 3 atom stereocenters. The van der Waals surface area contributed by atoms with E-state index in [0.717, 1.165) is 18.8 Å². The highest BCUT2D eigenvalue weighted by Crippen LogP contribution is 2.22. The number of hydrogen-bond acceptors (Lipinski definition) is 7. The molecule has 0 aliphatic carbocycles. The number of benzene rings is 1. The SMILES string of the molecule is C[C@H](CO)N1C[C@H](C)[C@H](CN(C)C(=O)Nc2ccc(N3CCCCC3)cc2)OCc2cn(nn2)CCCC1=O. The predicted molar refractivity (Wildman–Crippen MR) is 149 cm³/mol. The zero-order chi connectivity index (χ0) is 27.8. The fourth-order valence-electron chi connectivity index (χ4n) is 5.17. The number of rotatable bonds is 6. The van der Waals surface area contributed by atoms with Gasteiger partial charge >= 0.3 is 6.03 Å². The van der Waals surface area contributed by atoms with Crippen LogP contribution in [0.5, 0.6) is 0 Å². The van der Waals surface area contributed by atoms with Crippen molar-refractivity contribution in [1.29, 1.82) is 0 Å². The molecule has 4 rings (SSSR count). The monoisotopic (exact) mass is 541 g/mol. The Kier molecular flexibility index (Phi) is 10.2. The van der Waals surface area contributed by atoms with Gasteiger partial charge in [0.15, 0.2) is 0 Å². The van der Waals surface area contributed by atoms with Crippen molar-refractivity contribution in [2.24, 2.45) is 5.92 Å². The summed E-state index contributed by atoms with van der Waals surface area (Å²) >= 11 is 0. The van der Waals surface area contributed by atoms with Gasteiger partial charge in [0, 0.05) is 63.5 Å². The van der Waals surface area contributed by atoms with Gasteiger partial charge in [0.2, 0.25) is 5.91 Å². The van der Waals surface area contributed by atoms with Crippen LogP contribution in [-0.4, -0.2) is 93.8 Å². The summed E-state index contributed by atoms with van der Waals surface area (Å²) in [5.41, 5.74) is 2.63. The van der Waals surface area contributed by atoms with Crippen molar-refractivity contribution < 1.29 is 19.4 Å². The normalized spacial score (nSPS) is 21.9. The summed E-state index contributed by atoms with van der Waals surface area (Å²) < 4.78 is 7.99. The third kappa shape index (κ3) is 7.92. The molecule has 2 aromatic rings. The maximum Gasteiger partial charge on any atom is 0.321 e. The molecule has 1 saturated heterocycles. The number of carbonyl (C=O) groups is 2. The number of nitrogens with zero attached hydrogens (tertiary/aromatic N) is 6. The Morgan fingerprint density at radius 3 is 2.64 bits per heavy atom. The summed E-state index contributed by atoms with van der Waals surface area (Å²) in [6, 6.07) is 7.46. The predicted octanol–water partition coefficient (Wildman–Crippen LogP) is 2.96. The molecule has 1 aromatic heterocycles. The number of ether oxygens (including phenoxy) is 1. The Labute approximate surface area is 231 Å². The number of fused-ring (bicyclic) bond motifs is 2.